The molecule has 0 N–H and O–H groups in total. The maximum atomic E-state index is 12.8. The second-order valence-electron chi connectivity index (χ2n) is 8.25. The Hall–Kier alpha value is -2.67. The van der Waals surface area contributed by atoms with Gasteiger partial charge in [0.1, 0.15) is 6.54 Å². The van der Waals surface area contributed by atoms with Gasteiger partial charge in [0, 0.05) is 52.0 Å². The Balaban J connectivity index is 1.13. The first-order valence-corrected chi connectivity index (χ1v) is 12.4. The fourth-order valence-electron chi connectivity index (χ4n) is 4.19. The third-order valence-electron chi connectivity index (χ3n) is 6.07. The van der Waals surface area contributed by atoms with E-state index in [2.05, 4.69) is 9.88 Å². The fourth-order valence-corrected chi connectivity index (χ4v) is 5.53. The van der Waals surface area contributed by atoms with Crippen LogP contribution >= 0.6 is 0 Å². The maximum absolute atomic E-state index is 12.8. The van der Waals surface area contributed by atoms with E-state index in [9.17, 15) is 13.2 Å². The summed E-state index contributed by atoms with van der Waals surface area (Å²) in [6, 6.07) is 5.96. The number of rotatable bonds is 6. The molecule has 2 aromatic rings. The molecule has 33 heavy (non-hydrogen) atoms. The van der Waals surface area contributed by atoms with E-state index < -0.39 is 10.0 Å². The number of aromatic nitrogens is 2. The summed E-state index contributed by atoms with van der Waals surface area (Å²) in [5, 5.41) is -0.0363. The zero-order valence-corrected chi connectivity index (χ0v) is 19.1. The molecule has 12 heteroatoms. The first-order valence-electron chi connectivity index (χ1n) is 11.0. The molecule has 3 aliphatic rings. The van der Waals surface area contributed by atoms with Gasteiger partial charge in [0.05, 0.1) is 19.5 Å². The number of ether oxygens (including phenoxy) is 3. The second kappa shape index (κ2) is 9.29. The van der Waals surface area contributed by atoms with E-state index in [0.29, 0.717) is 39.4 Å². The summed E-state index contributed by atoms with van der Waals surface area (Å²) in [6.07, 6.45) is 2.83. The van der Waals surface area contributed by atoms with Crippen molar-refractivity contribution < 1.29 is 27.4 Å². The van der Waals surface area contributed by atoms with Crippen molar-refractivity contribution in [2.24, 2.45) is 0 Å². The van der Waals surface area contributed by atoms with E-state index in [1.54, 1.807) is 0 Å². The van der Waals surface area contributed by atoms with Crippen molar-refractivity contribution in [3.05, 3.63) is 36.3 Å². The number of hydrogen-bond acceptors (Lipinski definition) is 8. The number of sulfonamides is 1. The molecule has 0 aliphatic carbocycles. The normalized spacial score (nSPS) is 19.7. The van der Waals surface area contributed by atoms with Crippen LogP contribution in [0.15, 0.2) is 35.7 Å². The highest BCUT2D eigenvalue weighted by Crippen LogP contribution is 2.32. The van der Waals surface area contributed by atoms with Gasteiger partial charge in [-0.1, -0.05) is 6.07 Å². The van der Waals surface area contributed by atoms with Crippen LogP contribution in [0.4, 0.5) is 0 Å². The Morgan fingerprint density at radius 1 is 1.00 bits per heavy atom. The molecule has 1 aromatic heterocycles. The molecule has 11 nitrogen and oxygen atoms in total. The average molecular weight is 478 g/mol. The molecule has 3 aliphatic heterocycles. The van der Waals surface area contributed by atoms with Crippen molar-refractivity contribution in [3.63, 3.8) is 0 Å². The number of imidazole rings is 1. The van der Waals surface area contributed by atoms with Gasteiger partial charge in [-0.05, 0) is 17.7 Å². The van der Waals surface area contributed by atoms with Crippen molar-refractivity contribution in [1.82, 2.24) is 23.7 Å². The number of amides is 1. The van der Waals surface area contributed by atoms with Crippen LogP contribution in [0.2, 0.25) is 0 Å². The van der Waals surface area contributed by atoms with Crippen LogP contribution in [0.5, 0.6) is 11.5 Å². The van der Waals surface area contributed by atoms with Gasteiger partial charge in [-0.25, -0.2) is 13.4 Å². The molecule has 2 saturated heterocycles. The zero-order chi connectivity index (χ0) is 22.8. The number of benzene rings is 1. The summed E-state index contributed by atoms with van der Waals surface area (Å²) in [4.78, 5) is 20.9. The summed E-state index contributed by atoms with van der Waals surface area (Å²) < 4.78 is 44.4. The zero-order valence-electron chi connectivity index (χ0n) is 18.3. The summed E-state index contributed by atoms with van der Waals surface area (Å²) >= 11 is 0. The smallest absolute Gasteiger partial charge is 0.262 e. The van der Waals surface area contributed by atoms with Crippen LogP contribution in [-0.4, -0.2) is 97.3 Å². The van der Waals surface area contributed by atoms with Crippen LogP contribution in [0.1, 0.15) is 5.56 Å². The highest BCUT2D eigenvalue weighted by atomic mass is 32.2. The lowest BCUT2D eigenvalue weighted by Crippen LogP contribution is -2.49. The molecule has 5 rings (SSSR count). The first-order chi connectivity index (χ1) is 16.0. The summed E-state index contributed by atoms with van der Waals surface area (Å²) in [5.41, 5.74) is 1.14. The van der Waals surface area contributed by atoms with Crippen molar-refractivity contribution in [2.45, 2.75) is 18.1 Å². The minimum absolute atomic E-state index is 0.0363. The highest BCUT2D eigenvalue weighted by Gasteiger charge is 2.29. The maximum Gasteiger partial charge on any atom is 0.262 e. The minimum Gasteiger partial charge on any atom is -0.454 e. The van der Waals surface area contributed by atoms with Gasteiger partial charge in [0.15, 0.2) is 16.5 Å². The number of morpholine rings is 1. The first kappa shape index (κ1) is 22.1. The number of hydrogen-bond donors (Lipinski definition) is 0. The number of nitrogens with zero attached hydrogens (tertiary/aromatic N) is 5. The molecule has 178 valence electrons. The van der Waals surface area contributed by atoms with Crippen LogP contribution in [0.25, 0.3) is 0 Å². The van der Waals surface area contributed by atoms with Crippen LogP contribution in [0.3, 0.4) is 0 Å². The Kier molecular flexibility index (Phi) is 6.23. The molecule has 1 aromatic carbocycles. The quantitative estimate of drug-likeness (QED) is 0.572. The number of carbonyl (C=O) groups excluding carboxylic acids is 1. The second-order valence-corrected chi connectivity index (χ2v) is 10.1. The molecule has 0 atom stereocenters. The lowest BCUT2D eigenvalue weighted by atomic mass is 10.1. The van der Waals surface area contributed by atoms with E-state index in [-0.39, 0.29) is 24.3 Å². The van der Waals surface area contributed by atoms with Gasteiger partial charge in [-0.2, -0.15) is 4.31 Å². The molecule has 0 bridgehead atoms. The Labute approximate surface area is 192 Å². The Morgan fingerprint density at radius 3 is 2.55 bits per heavy atom. The van der Waals surface area contributed by atoms with Crippen LogP contribution in [0, 0.1) is 0 Å². The van der Waals surface area contributed by atoms with Crippen molar-refractivity contribution in [3.8, 4) is 11.5 Å². The Morgan fingerprint density at radius 2 is 1.76 bits per heavy atom. The molecule has 0 spiro atoms. The molecular formula is C21H27N5O6S. The van der Waals surface area contributed by atoms with E-state index in [4.69, 9.17) is 14.2 Å². The van der Waals surface area contributed by atoms with Crippen molar-refractivity contribution >= 4 is 15.9 Å². The average Bonchev–Trinajstić information content (AvgIpc) is 3.50. The van der Waals surface area contributed by atoms with Crippen molar-refractivity contribution in [2.75, 3.05) is 59.3 Å². The van der Waals surface area contributed by atoms with E-state index >= 15 is 0 Å². The third kappa shape index (κ3) is 4.83. The predicted octanol–water partition coefficient (Wildman–Crippen LogP) is -0.0229. The molecule has 2 fully saturated rings. The lowest BCUT2D eigenvalue weighted by Gasteiger charge is -2.34. The Bertz CT molecular complexity index is 1110. The minimum atomic E-state index is -3.67. The van der Waals surface area contributed by atoms with Crippen LogP contribution < -0.4 is 9.47 Å². The number of fused-ring (bicyclic) bond motifs is 1. The van der Waals surface area contributed by atoms with Gasteiger partial charge in [0.2, 0.25) is 12.7 Å². The topological polar surface area (TPSA) is 106 Å². The standard InChI is InChI=1S/C21H27N5O6S/c27-21(14-24-13-20(22-15-24)33(28,29)26-7-9-30-10-8-26)25-5-3-23(4-6-25)12-17-1-2-18-19(11-17)32-16-31-18/h1-2,11,13,15H,3-10,12,14,16H2. The largest absolute Gasteiger partial charge is 0.454 e. The van der Waals surface area contributed by atoms with Gasteiger partial charge in [0.25, 0.3) is 10.0 Å². The summed E-state index contributed by atoms with van der Waals surface area (Å²) in [5.74, 6) is 1.50. The number of carbonyl (C=O) groups is 1. The van der Waals surface area contributed by atoms with Gasteiger partial charge in [-0.15, -0.1) is 0 Å². The van der Waals surface area contributed by atoms with Gasteiger partial charge in [-0.3, -0.25) is 9.69 Å². The molecule has 0 unspecified atom stereocenters. The lowest BCUT2D eigenvalue weighted by molar-refractivity contribution is -0.133. The van der Waals surface area contributed by atoms with Crippen molar-refractivity contribution in [1.29, 1.82) is 0 Å². The third-order valence-corrected chi connectivity index (χ3v) is 7.85. The molecule has 1 amide bonds. The van der Waals surface area contributed by atoms with E-state index in [1.807, 2.05) is 23.1 Å². The highest BCUT2D eigenvalue weighted by molar-refractivity contribution is 7.89. The predicted molar refractivity (Wildman–Crippen MR) is 116 cm³/mol. The van der Waals surface area contributed by atoms with Gasteiger partial charge < -0.3 is 23.7 Å². The van der Waals surface area contributed by atoms with E-state index in [1.165, 1.54) is 21.4 Å². The van der Waals surface area contributed by atoms with Crippen LogP contribution in [-0.2, 0) is 32.6 Å². The molecular weight excluding hydrogens is 450 g/mol. The number of piperazine rings is 1. The van der Waals surface area contributed by atoms with E-state index in [0.717, 1.165) is 36.7 Å². The monoisotopic (exact) mass is 477 g/mol. The summed E-state index contributed by atoms with van der Waals surface area (Å²) in [6.45, 7) is 5.25. The fraction of sp³-hybridized carbons (Fsp3) is 0.524. The molecule has 4 heterocycles. The molecule has 0 saturated carbocycles. The molecule has 0 radical (unpaired) electrons. The SMILES string of the molecule is O=C(Cn1cnc(S(=O)(=O)N2CCOCC2)c1)N1CCN(Cc2ccc3c(c2)OCO3)CC1. The summed E-state index contributed by atoms with van der Waals surface area (Å²) in [7, 11) is -3.67. The van der Waals surface area contributed by atoms with Gasteiger partial charge >= 0.3 is 0 Å².